The van der Waals surface area contributed by atoms with Gasteiger partial charge in [0.2, 0.25) is 0 Å². The summed E-state index contributed by atoms with van der Waals surface area (Å²) < 4.78 is 20.8. The molecule has 0 aromatic carbocycles. The van der Waals surface area contributed by atoms with Crippen molar-refractivity contribution in [1.29, 1.82) is 0 Å². The van der Waals surface area contributed by atoms with E-state index in [-0.39, 0.29) is 11.2 Å². The maximum Gasteiger partial charge on any atom is 0.140 e. The zero-order chi connectivity index (χ0) is 9.03. The summed E-state index contributed by atoms with van der Waals surface area (Å²) >= 11 is 0. The monoisotopic (exact) mass is 189 g/mol. The molecule has 6 heteroatoms. The van der Waals surface area contributed by atoms with Crippen molar-refractivity contribution in [2.24, 2.45) is 10.5 Å². The van der Waals surface area contributed by atoms with Gasteiger partial charge in [-0.15, -0.1) is 0 Å². The van der Waals surface area contributed by atoms with Crippen LogP contribution in [-0.4, -0.2) is 20.7 Å². The van der Waals surface area contributed by atoms with Gasteiger partial charge >= 0.3 is 0 Å². The van der Waals surface area contributed by atoms with Crippen LogP contribution in [0.5, 0.6) is 0 Å². The fourth-order valence-corrected chi connectivity index (χ4v) is 2.29. The van der Waals surface area contributed by atoms with Crippen molar-refractivity contribution in [2.45, 2.75) is 19.3 Å². The second kappa shape index (κ2) is 3.78. The van der Waals surface area contributed by atoms with Crippen LogP contribution in [0, 0.1) is 5.41 Å². The third kappa shape index (κ3) is 2.71. The predicted molar refractivity (Wildman–Crippen MR) is 45.5 cm³/mol. The summed E-state index contributed by atoms with van der Waals surface area (Å²) in [4.78, 5) is 2.62. The molecule has 0 N–H and O–H groups in total. The van der Waals surface area contributed by atoms with Crippen molar-refractivity contribution in [3.63, 3.8) is 0 Å². The Bertz CT molecular complexity index is 269. The first kappa shape index (κ1) is 9.35. The van der Waals surface area contributed by atoms with Gasteiger partial charge in [0.15, 0.2) is 0 Å². The number of rotatable bonds is 5. The number of hydrogen-bond donors (Lipinski definition) is 1. The number of nitrogens with zero attached hydrogens (tertiary/aromatic N) is 3. The minimum atomic E-state index is -2.28. The van der Waals surface area contributed by atoms with Crippen LogP contribution < -0.4 is 0 Å². The molecule has 0 aromatic rings. The van der Waals surface area contributed by atoms with Crippen molar-refractivity contribution in [3.8, 4) is 0 Å². The lowest BCUT2D eigenvalue weighted by atomic mass is 10.1. The second-order valence-corrected chi connectivity index (χ2v) is 4.18. The SMILES string of the molecule is [N-]=[N+]=NCCC1(C[SH](=O)=O)CC1. The van der Waals surface area contributed by atoms with E-state index >= 15 is 0 Å². The lowest BCUT2D eigenvalue weighted by molar-refractivity contribution is 0.518. The first-order chi connectivity index (χ1) is 5.68. The summed E-state index contributed by atoms with van der Waals surface area (Å²) in [6, 6.07) is 0. The standard InChI is InChI=1S/C6H11N3O2S/c7-9-8-4-3-6(1-2-6)5-12(10)11/h12H,1-5H2. The molecule has 12 heavy (non-hydrogen) atoms. The van der Waals surface area contributed by atoms with Gasteiger partial charge in [-0.3, -0.25) is 0 Å². The molecule has 0 radical (unpaired) electrons. The van der Waals surface area contributed by atoms with Crippen LogP contribution in [0.15, 0.2) is 5.11 Å². The smallest absolute Gasteiger partial charge is 0.140 e. The Morgan fingerprint density at radius 3 is 2.58 bits per heavy atom. The van der Waals surface area contributed by atoms with Crippen LogP contribution in [0.1, 0.15) is 19.3 Å². The minimum Gasteiger partial charge on any atom is -0.232 e. The normalized spacial score (nSPS) is 18.8. The quantitative estimate of drug-likeness (QED) is 0.304. The maximum absolute atomic E-state index is 10.4. The first-order valence-electron chi connectivity index (χ1n) is 3.81. The molecule has 1 aliphatic carbocycles. The largest absolute Gasteiger partial charge is 0.232 e. The van der Waals surface area contributed by atoms with E-state index < -0.39 is 10.7 Å². The highest BCUT2D eigenvalue weighted by Crippen LogP contribution is 2.48. The van der Waals surface area contributed by atoms with E-state index in [1.807, 2.05) is 0 Å². The summed E-state index contributed by atoms with van der Waals surface area (Å²) in [5.74, 6) is 0.253. The van der Waals surface area contributed by atoms with E-state index in [4.69, 9.17) is 5.53 Å². The maximum atomic E-state index is 10.4. The molecule has 1 aliphatic rings. The van der Waals surface area contributed by atoms with E-state index in [1.54, 1.807) is 0 Å². The van der Waals surface area contributed by atoms with Gasteiger partial charge in [-0.2, -0.15) is 0 Å². The molecule has 5 nitrogen and oxygen atoms in total. The van der Waals surface area contributed by atoms with Crippen LogP contribution in [0.25, 0.3) is 10.4 Å². The molecular weight excluding hydrogens is 178 g/mol. The predicted octanol–water partition coefficient (Wildman–Crippen LogP) is 1.08. The number of hydrogen-bond acceptors (Lipinski definition) is 3. The topological polar surface area (TPSA) is 82.9 Å². The molecule has 0 bridgehead atoms. The zero-order valence-electron chi connectivity index (χ0n) is 6.64. The fourth-order valence-electron chi connectivity index (χ4n) is 1.27. The summed E-state index contributed by atoms with van der Waals surface area (Å²) in [6.07, 6.45) is 2.62. The van der Waals surface area contributed by atoms with Gasteiger partial charge in [0.1, 0.15) is 10.7 Å². The van der Waals surface area contributed by atoms with Crippen LogP contribution >= 0.6 is 0 Å². The summed E-state index contributed by atoms with van der Waals surface area (Å²) in [5, 5.41) is 3.39. The van der Waals surface area contributed by atoms with Gasteiger partial charge in [0.05, 0.1) is 5.75 Å². The zero-order valence-corrected chi connectivity index (χ0v) is 7.54. The van der Waals surface area contributed by atoms with E-state index in [1.165, 1.54) is 0 Å². The van der Waals surface area contributed by atoms with Gasteiger partial charge in [-0.1, -0.05) is 5.11 Å². The third-order valence-corrected chi connectivity index (χ3v) is 3.16. The van der Waals surface area contributed by atoms with Crippen molar-refractivity contribution in [3.05, 3.63) is 10.4 Å². The summed E-state index contributed by atoms with van der Waals surface area (Å²) in [5.41, 5.74) is 7.97. The van der Waals surface area contributed by atoms with E-state index in [2.05, 4.69) is 10.0 Å². The lowest BCUT2D eigenvalue weighted by Crippen LogP contribution is -2.09. The molecule has 0 aliphatic heterocycles. The van der Waals surface area contributed by atoms with E-state index in [9.17, 15) is 8.42 Å². The highest BCUT2D eigenvalue weighted by Gasteiger charge is 2.42. The first-order valence-corrected chi connectivity index (χ1v) is 5.17. The van der Waals surface area contributed by atoms with Gasteiger partial charge in [-0.25, -0.2) is 8.42 Å². The third-order valence-electron chi connectivity index (χ3n) is 2.23. The van der Waals surface area contributed by atoms with E-state index in [0.29, 0.717) is 13.0 Å². The molecule has 0 aromatic heterocycles. The Hall–Kier alpha value is -0.740. The van der Waals surface area contributed by atoms with Crippen molar-refractivity contribution in [1.82, 2.24) is 0 Å². The molecule has 1 fully saturated rings. The van der Waals surface area contributed by atoms with Crippen LogP contribution in [-0.2, 0) is 10.7 Å². The second-order valence-electron chi connectivity index (χ2n) is 3.20. The molecule has 0 saturated heterocycles. The molecule has 1 rings (SSSR count). The molecule has 68 valence electrons. The van der Waals surface area contributed by atoms with Crippen molar-refractivity contribution < 1.29 is 8.42 Å². The number of azide groups is 1. The highest BCUT2D eigenvalue weighted by atomic mass is 32.2. The van der Waals surface area contributed by atoms with Crippen LogP contribution in [0.4, 0.5) is 0 Å². The van der Waals surface area contributed by atoms with Crippen LogP contribution in [0.3, 0.4) is 0 Å². The van der Waals surface area contributed by atoms with Crippen LogP contribution in [0.2, 0.25) is 0 Å². The molecule has 0 atom stereocenters. The Morgan fingerprint density at radius 1 is 1.50 bits per heavy atom. The molecule has 0 spiro atoms. The minimum absolute atomic E-state index is 0.0383. The molecule has 0 amide bonds. The van der Waals surface area contributed by atoms with Gasteiger partial charge in [0, 0.05) is 11.5 Å². The molecule has 0 unspecified atom stereocenters. The Labute approximate surface area is 72.3 Å². The van der Waals surface area contributed by atoms with Gasteiger partial charge in [-0.05, 0) is 30.2 Å². The molecule has 1 saturated carbocycles. The fraction of sp³-hybridized carbons (Fsp3) is 1.00. The van der Waals surface area contributed by atoms with Crippen molar-refractivity contribution >= 4 is 10.7 Å². The molecular formula is C6H11N3O2S. The average Bonchev–Trinajstić information content (AvgIpc) is 2.69. The van der Waals surface area contributed by atoms with Gasteiger partial charge in [0.25, 0.3) is 0 Å². The highest BCUT2D eigenvalue weighted by molar-refractivity contribution is 7.72. The summed E-state index contributed by atoms with van der Waals surface area (Å²) in [7, 11) is -2.28. The Balaban J connectivity index is 2.34. The Kier molecular flexibility index (Phi) is 2.94. The summed E-state index contributed by atoms with van der Waals surface area (Å²) in [6.45, 7) is 0.416. The molecule has 0 heterocycles. The Morgan fingerprint density at radius 2 is 2.17 bits per heavy atom. The average molecular weight is 189 g/mol. The van der Waals surface area contributed by atoms with E-state index in [0.717, 1.165) is 12.8 Å². The number of thiol groups is 1. The lowest BCUT2D eigenvalue weighted by Gasteiger charge is -2.07. The van der Waals surface area contributed by atoms with Gasteiger partial charge < -0.3 is 0 Å². The van der Waals surface area contributed by atoms with Crippen molar-refractivity contribution in [2.75, 3.05) is 12.3 Å².